The van der Waals surface area contributed by atoms with E-state index in [1.807, 2.05) is 36.4 Å². The molecule has 1 N–H and O–H groups in total. The lowest BCUT2D eigenvalue weighted by Gasteiger charge is -2.37. The Bertz CT molecular complexity index is 1080. The highest BCUT2D eigenvalue weighted by Crippen LogP contribution is 2.47. The van der Waals surface area contributed by atoms with Gasteiger partial charge in [0.05, 0.1) is 6.67 Å². The highest BCUT2D eigenvalue weighted by atomic mass is 19.1. The molecule has 0 spiro atoms. The highest BCUT2D eigenvalue weighted by Gasteiger charge is 2.32. The van der Waals surface area contributed by atoms with Gasteiger partial charge in [-0.25, -0.2) is 4.39 Å². The van der Waals surface area contributed by atoms with Crippen LogP contribution in [0.3, 0.4) is 0 Å². The molecule has 2 unspecified atom stereocenters. The average molecular weight is 450 g/mol. The number of likely N-dealkylation sites (tertiary alicyclic amines) is 1. The number of fused-ring (bicyclic) bond motifs is 1. The number of aromatic hydroxyl groups is 1. The van der Waals surface area contributed by atoms with Crippen molar-refractivity contribution in [3.8, 4) is 11.5 Å². The van der Waals surface area contributed by atoms with E-state index in [4.69, 9.17) is 4.74 Å². The van der Waals surface area contributed by atoms with Crippen LogP contribution >= 0.6 is 0 Å². The van der Waals surface area contributed by atoms with E-state index in [1.54, 1.807) is 6.07 Å². The van der Waals surface area contributed by atoms with Crippen LogP contribution in [-0.4, -0.2) is 42.9 Å². The van der Waals surface area contributed by atoms with E-state index in [2.05, 4.69) is 17.0 Å². The lowest BCUT2D eigenvalue weighted by molar-refractivity contribution is 0.0668. The molecule has 1 saturated heterocycles. The standard InChI is InChI=1S/C28H29F2NO2/c29-16-19-17-31(18-19)13-14-33-25-9-3-21(4-10-25)28-26(20-1-6-23(30)7-2-20)11-5-22-15-24(32)8-12-27(22)28/h1-4,6-10,12,15,19,26,28,32H,5,11,13-14,16-18H2. The molecular weight excluding hydrogens is 420 g/mol. The minimum Gasteiger partial charge on any atom is -0.508 e. The van der Waals surface area contributed by atoms with Crippen LogP contribution in [0.2, 0.25) is 0 Å². The first-order valence-electron chi connectivity index (χ1n) is 11.7. The zero-order valence-corrected chi connectivity index (χ0v) is 18.6. The maximum Gasteiger partial charge on any atom is 0.123 e. The fourth-order valence-corrected chi connectivity index (χ4v) is 5.31. The molecule has 3 nitrogen and oxygen atoms in total. The number of hydrogen-bond donors (Lipinski definition) is 1. The van der Waals surface area contributed by atoms with Gasteiger partial charge in [-0.3, -0.25) is 9.29 Å². The number of ether oxygens (including phenoxy) is 1. The summed E-state index contributed by atoms with van der Waals surface area (Å²) in [6.45, 7) is 2.80. The summed E-state index contributed by atoms with van der Waals surface area (Å²) in [4.78, 5) is 2.21. The normalized spacial score (nSPS) is 20.8. The summed E-state index contributed by atoms with van der Waals surface area (Å²) in [5.74, 6) is 1.42. The van der Waals surface area contributed by atoms with Crippen molar-refractivity contribution in [3.63, 3.8) is 0 Å². The maximum atomic E-state index is 13.6. The number of benzene rings is 3. The van der Waals surface area contributed by atoms with Gasteiger partial charge in [0.15, 0.2) is 0 Å². The van der Waals surface area contributed by atoms with E-state index >= 15 is 0 Å². The molecule has 1 fully saturated rings. The average Bonchev–Trinajstić information content (AvgIpc) is 2.81. The van der Waals surface area contributed by atoms with Crippen LogP contribution in [0.15, 0.2) is 66.7 Å². The van der Waals surface area contributed by atoms with Gasteiger partial charge in [0.25, 0.3) is 0 Å². The molecule has 172 valence electrons. The molecule has 2 atom stereocenters. The van der Waals surface area contributed by atoms with Crippen molar-refractivity contribution in [1.29, 1.82) is 0 Å². The van der Waals surface area contributed by atoms with Crippen LogP contribution in [0, 0.1) is 11.7 Å². The van der Waals surface area contributed by atoms with Crippen molar-refractivity contribution in [2.45, 2.75) is 24.7 Å². The number of phenolic OH excluding ortho intramolecular Hbond substituents is 1. The predicted molar refractivity (Wildman–Crippen MR) is 125 cm³/mol. The van der Waals surface area contributed by atoms with Gasteiger partial charge >= 0.3 is 0 Å². The summed E-state index contributed by atoms with van der Waals surface area (Å²) >= 11 is 0. The molecule has 0 saturated carbocycles. The number of aryl methyl sites for hydroxylation is 1. The second kappa shape index (κ2) is 9.52. The molecule has 0 amide bonds. The molecule has 33 heavy (non-hydrogen) atoms. The Kier molecular flexibility index (Phi) is 6.32. The van der Waals surface area contributed by atoms with Crippen molar-refractivity contribution in [3.05, 3.63) is 94.8 Å². The number of halogens is 2. The first kappa shape index (κ1) is 21.9. The fraction of sp³-hybridized carbons (Fsp3) is 0.357. The molecule has 0 bridgehead atoms. The number of alkyl halides is 1. The third kappa shape index (κ3) is 4.74. The minimum atomic E-state index is -0.234. The van der Waals surface area contributed by atoms with Gasteiger partial charge in [-0.05, 0) is 77.4 Å². The molecule has 2 aliphatic rings. The van der Waals surface area contributed by atoms with Crippen LogP contribution in [0.5, 0.6) is 11.5 Å². The van der Waals surface area contributed by atoms with Crippen LogP contribution in [0.1, 0.15) is 40.5 Å². The quantitative estimate of drug-likeness (QED) is 0.504. The van der Waals surface area contributed by atoms with E-state index < -0.39 is 0 Å². The van der Waals surface area contributed by atoms with Crippen molar-refractivity contribution in [2.24, 2.45) is 5.92 Å². The summed E-state index contributed by atoms with van der Waals surface area (Å²) < 4.78 is 32.0. The largest absolute Gasteiger partial charge is 0.508 e. The van der Waals surface area contributed by atoms with Crippen LogP contribution in [0.25, 0.3) is 0 Å². The molecule has 3 aromatic carbocycles. The molecule has 1 heterocycles. The van der Waals surface area contributed by atoms with Gasteiger partial charge < -0.3 is 9.84 Å². The van der Waals surface area contributed by atoms with E-state index in [0.29, 0.717) is 6.61 Å². The Hall–Kier alpha value is -2.92. The molecule has 1 aliphatic carbocycles. The van der Waals surface area contributed by atoms with Crippen molar-refractivity contribution < 1.29 is 18.6 Å². The van der Waals surface area contributed by atoms with Gasteiger partial charge in [-0.2, -0.15) is 0 Å². The fourth-order valence-electron chi connectivity index (χ4n) is 5.31. The Morgan fingerprint density at radius 1 is 0.939 bits per heavy atom. The van der Waals surface area contributed by atoms with Gasteiger partial charge in [0.2, 0.25) is 0 Å². The van der Waals surface area contributed by atoms with E-state index in [-0.39, 0.29) is 36.0 Å². The summed E-state index contributed by atoms with van der Waals surface area (Å²) in [5.41, 5.74) is 4.68. The predicted octanol–water partition coefficient (Wildman–Crippen LogP) is 5.67. The summed E-state index contributed by atoms with van der Waals surface area (Å²) in [7, 11) is 0. The lowest BCUT2D eigenvalue weighted by atomic mass is 9.69. The smallest absolute Gasteiger partial charge is 0.123 e. The SMILES string of the molecule is Oc1ccc2c(c1)CCC(c1ccc(F)cc1)C2c1ccc(OCCN2CC(CF)C2)cc1. The van der Waals surface area contributed by atoms with Crippen LogP contribution in [0.4, 0.5) is 8.78 Å². The number of nitrogens with zero attached hydrogens (tertiary/aromatic N) is 1. The second-order valence-electron chi connectivity index (χ2n) is 9.25. The van der Waals surface area contributed by atoms with E-state index in [1.165, 1.54) is 28.8 Å². The molecule has 1 aliphatic heterocycles. The third-order valence-electron chi connectivity index (χ3n) is 7.05. The molecular formula is C28H29F2NO2. The summed E-state index contributed by atoms with van der Waals surface area (Å²) in [6.07, 6.45) is 1.81. The molecule has 0 aromatic heterocycles. The Morgan fingerprint density at radius 3 is 2.39 bits per heavy atom. The van der Waals surface area contributed by atoms with Crippen molar-refractivity contribution in [2.75, 3.05) is 32.9 Å². The first-order valence-corrected chi connectivity index (χ1v) is 11.7. The van der Waals surface area contributed by atoms with Crippen LogP contribution < -0.4 is 4.74 Å². The Balaban J connectivity index is 1.34. The zero-order valence-electron chi connectivity index (χ0n) is 18.6. The van der Waals surface area contributed by atoms with Crippen molar-refractivity contribution >= 4 is 0 Å². The highest BCUT2D eigenvalue weighted by molar-refractivity contribution is 5.48. The number of rotatable bonds is 7. The van der Waals surface area contributed by atoms with Gasteiger partial charge in [0, 0.05) is 31.5 Å². The summed E-state index contributed by atoms with van der Waals surface area (Å²) in [5, 5.41) is 9.99. The molecule has 5 rings (SSSR count). The number of phenols is 1. The Morgan fingerprint density at radius 2 is 1.67 bits per heavy atom. The topological polar surface area (TPSA) is 32.7 Å². The lowest BCUT2D eigenvalue weighted by Crippen LogP contribution is -2.49. The monoisotopic (exact) mass is 449 g/mol. The van der Waals surface area contributed by atoms with Gasteiger partial charge in [-0.1, -0.05) is 30.3 Å². The molecule has 0 radical (unpaired) electrons. The minimum absolute atomic E-state index is 0.118. The first-order chi connectivity index (χ1) is 16.1. The van der Waals surface area contributed by atoms with Gasteiger partial charge in [0.1, 0.15) is 23.9 Å². The Labute approximate surface area is 193 Å². The number of hydrogen-bond acceptors (Lipinski definition) is 3. The van der Waals surface area contributed by atoms with E-state index in [0.717, 1.165) is 43.8 Å². The van der Waals surface area contributed by atoms with Crippen molar-refractivity contribution in [1.82, 2.24) is 4.90 Å². The van der Waals surface area contributed by atoms with E-state index in [9.17, 15) is 13.9 Å². The zero-order chi connectivity index (χ0) is 22.8. The van der Waals surface area contributed by atoms with Gasteiger partial charge in [-0.15, -0.1) is 0 Å². The maximum absolute atomic E-state index is 13.6. The summed E-state index contributed by atoms with van der Waals surface area (Å²) in [6, 6.07) is 20.7. The third-order valence-corrected chi connectivity index (χ3v) is 7.05. The molecule has 5 heteroatoms. The van der Waals surface area contributed by atoms with Crippen LogP contribution in [-0.2, 0) is 6.42 Å². The second-order valence-corrected chi connectivity index (χ2v) is 9.25. The molecule has 3 aromatic rings.